The molecule has 0 saturated heterocycles. The summed E-state index contributed by atoms with van der Waals surface area (Å²) in [5, 5.41) is 0. The Kier molecular flexibility index (Phi) is 10.7. The fraction of sp³-hybridized carbons (Fsp3) is 0.143. The maximum absolute atomic E-state index is 10.1. The van der Waals surface area contributed by atoms with E-state index in [-0.39, 0.29) is 12.3 Å². The summed E-state index contributed by atoms with van der Waals surface area (Å²) in [5.74, 6) is 0. The van der Waals surface area contributed by atoms with Crippen LogP contribution in [0.25, 0.3) is 0 Å². The Balaban J connectivity index is 0.000000201. The van der Waals surface area contributed by atoms with Gasteiger partial charge in [-0.15, -0.1) is 0 Å². The van der Waals surface area contributed by atoms with Crippen molar-refractivity contribution in [2.45, 2.75) is 25.5 Å². The average Bonchev–Trinajstić information content (AvgIpc) is 2.88. The summed E-state index contributed by atoms with van der Waals surface area (Å²) in [6.07, 6.45) is -0.220. The molecule has 0 aliphatic heterocycles. The van der Waals surface area contributed by atoms with E-state index in [4.69, 9.17) is 9.05 Å². The van der Waals surface area contributed by atoms with Gasteiger partial charge in [0, 0.05) is 0 Å². The van der Waals surface area contributed by atoms with Crippen LogP contribution >= 0.6 is 15.9 Å². The first-order valence-corrected chi connectivity index (χ1v) is 15.0. The van der Waals surface area contributed by atoms with Gasteiger partial charge in [0.15, 0.2) is 0 Å². The van der Waals surface area contributed by atoms with Crippen LogP contribution < -0.4 is 0 Å². The van der Waals surface area contributed by atoms with Crippen molar-refractivity contribution >= 4 is 15.9 Å². The monoisotopic (exact) mass is 526 g/mol. The van der Waals surface area contributed by atoms with Crippen LogP contribution in [0.1, 0.15) is 22.3 Å². The van der Waals surface area contributed by atoms with E-state index in [1.54, 1.807) is 24.3 Å². The first kappa shape index (κ1) is 28.1. The molecule has 0 amide bonds. The van der Waals surface area contributed by atoms with Crippen molar-refractivity contribution in [2.75, 3.05) is 0 Å². The van der Waals surface area contributed by atoms with Gasteiger partial charge in [0.05, 0.1) is 13.2 Å². The summed E-state index contributed by atoms with van der Waals surface area (Å²) in [6, 6.07) is 37.4. The van der Waals surface area contributed by atoms with Gasteiger partial charge in [-0.3, -0.25) is 0 Å². The van der Waals surface area contributed by atoms with Gasteiger partial charge in [0.1, 0.15) is 0 Å². The molecular weight excluding hydrogens is 494 g/mol. The van der Waals surface area contributed by atoms with Crippen LogP contribution in [0.3, 0.4) is 0 Å². The van der Waals surface area contributed by atoms with E-state index >= 15 is 0 Å². The normalized spacial score (nSPS) is 12.3. The Morgan fingerprint density at radius 3 is 1.06 bits per heavy atom. The van der Waals surface area contributed by atoms with E-state index in [2.05, 4.69) is 0 Å². The summed E-state index contributed by atoms with van der Waals surface area (Å²) in [5.41, 5.74) is 3.47. The molecule has 0 heterocycles. The summed E-state index contributed by atoms with van der Waals surface area (Å²) in [7, 11) is -6.49. The molecule has 0 saturated carbocycles. The number of hydrogen-bond donors (Lipinski definition) is 4. The molecule has 8 heteroatoms. The fourth-order valence-corrected chi connectivity index (χ4v) is 6.04. The van der Waals surface area contributed by atoms with Gasteiger partial charge in [0.25, 0.3) is 0 Å². The van der Waals surface area contributed by atoms with Crippen LogP contribution in [-0.2, 0) is 34.6 Å². The first-order chi connectivity index (χ1) is 17.3. The summed E-state index contributed by atoms with van der Waals surface area (Å²) in [4.78, 5) is 40.0. The molecule has 0 aliphatic rings. The average molecular weight is 527 g/mol. The quantitative estimate of drug-likeness (QED) is 0.181. The molecule has 0 radical (unpaired) electrons. The van der Waals surface area contributed by atoms with Gasteiger partial charge in [0.2, 0.25) is 0 Å². The molecule has 0 aliphatic carbocycles. The van der Waals surface area contributed by atoms with Crippen molar-refractivity contribution in [2.24, 2.45) is 0 Å². The Morgan fingerprint density at radius 2 is 0.750 bits per heavy atom. The Morgan fingerprint density at radius 1 is 0.472 bits per heavy atom. The minimum absolute atomic E-state index is 0.110. The zero-order valence-corrected chi connectivity index (χ0v) is 21.7. The standard InChI is InChI=1S/C14H17O3P.C14H15O3P/c15-18(16,17,11-13-7-3-1-4-8-13)12-14-9-5-2-6-10-14;15-18(16-11-13-7-3-1-4-8-13)17-12-14-9-5-2-6-10-14/h1-10,15-17H,11-12H2;1-10,15H,11-12H2. The predicted molar refractivity (Wildman–Crippen MR) is 145 cm³/mol. The fourth-order valence-electron chi connectivity index (χ4n) is 3.42. The second-order valence-electron chi connectivity index (χ2n) is 8.38. The molecule has 6 nitrogen and oxygen atoms in total. The van der Waals surface area contributed by atoms with Gasteiger partial charge in [-0.05, 0) is 11.1 Å². The van der Waals surface area contributed by atoms with Crippen LogP contribution in [-0.4, -0.2) is 19.6 Å². The topological polar surface area (TPSA) is 99.4 Å². The second kappa shape index (κ2) is 13.7. The minimum Gasteiger partial charge on any atom is -0.328 e. The maximum atomic E-state index is 10.1. The SMILES string of the molecule is OP(O)(O)(Cc1ccccc1)Cc1ccccc1.OP(OCc1ccccc1)OCc1ccccc1. The van der Waals surface area contributed by atoms with Crippen LogP contribution in [0.4, 0.5) is 0 Å². The summed E-state index contributed by atoms with van der Waals surface area (Å²) >= 11 is 0. The molecule has 0 bridgehead atoms. The van der Waals surface area contributed by atoms with Crippen molar-refractivity contribution in [1.29, 1.82) is 0 Å². The van der Waals surface area contributed by atoms with Gasteiger partial charge in [-0.1, -0.05) is 60.7 Å². The maximum Gasteiger partial charge on any atom is 0.330 e. The van der Waals surface area contributed by atoms with Crippen molar-refractivity contribution in [1.82, 2.24) is 0 Å². The minimum atomic E-state index is -4.66. The molecule has 4 N–H and O–H groups in total. The van der Waals surface area contributed by atoms with Crippen molar-refractivity contribution in [3.05, 3.63) is 144 Å². The molecule has 190 valence electrons. The van der Waals surface area contributed by atoms with Crippen LogP contribution in [0.5, 0.6) is 0 Å². The second-order valence-corrected chi connectivity index (χ2v) is 12.7. The molecule has 0 spiro atoms. The van der Waals surface area contributed by atoms with Gasteiger partial charge in [-0.25, -0.2) is 0 Å². The van der Waals surface area contributed by atoms with Gasteiger partial charge >= 0.3 is 115 Å². The van der Waals surface area contributed by atoms with Gasteiger partial charge < -0.3 is 13.9 Å². The zero-order chi connectivity index (χ0) is 25.7. The van der Waals surface area contributed by atoms with Crippen LogP contribution in [0.15, 0.2) is 121 Å². The Labute approximate surface area is 213 Å². The molecule has 4 aromatic rings. The van der Waals surface area contributed by atoms with Crippen molar-refractivity contribution in [3.63, 3.8) is 0 Å². The molecule has 0 aromatic heterocycles. The number of rotatable bonds is 10. The van der Waals surface area contributed by atoms with Crippen LogP contribution in [0, 0.1) is 0 Å². The molecule has 4 rings (SSSR count). The third-order valence-corrected chi connectivity index (χ3v) is 7.79. The number of hydrogen-bond acceptors (Lipinski definition) is 6. The van der Waals surface area contributed by atoms with E-state index in [0.29, 0.717) is 13.2 Å². The molecular formula is C28H32O6P2. The molecule has 36 heavy (non-hydrogen) atoms. The zero-order valence-electron chi connectivity index (χ0n) is 19.9. The van der Waals surface area contributed by atoms with E-state index < -0.39 is 15.9 Å². The van der Waals surface area contributed by atoms with Gasteiger partial charge in [-0.2, -0.15) is 0 Å². The molecule has 4 aromatic carbocycles. The third kappa shape index (κ3) is 11.0. The molecule has 0 atom stereocenters. The molecule has 0 unspecified atom stereocenters. The smallest absolute Gasteiger partial charge is 0.328 e. The molecule has 0 fully saturated rings. The largest absolute Gasteiger partial charge is 0.330 e. The van der Waals surface area contributed by atoms with Crippen molar-refractivity contribution < 1.29 is 28.6 Å². The predicted octanol–water partition coefficient (Wildman–Crippen LogP) is 6.30. The van der Waals surface area contributed by atoms with E-state index in [1.165, 1.54) is 0 Å². The summed E-state index contributed by atoms with van der Waals surface area (Å²) in [6.45, 7) is 0.718. The summed E-state index contributed by atoms with van der Waals surface area (Å²) < 4.78 is 10.5. The Bertz CT molecular complexity index is 1050. The third-order valence-electron chi connectivity index (χ3n) is 5.07. The number of benzene rings is 4. The van der Waals surface area contributed by atoms with Crippen LogP contribution in [0.2, 0.25) is 0 Å². The van der Waals surface area contributed by atoms with E-state index in [9.17, 15) is 19.6 Å². The Hall–Kier alpha value is -2.50. The van der Waals surface area contributed by atoms with E-state index in [1.807, 2.05) is 97.1 Å². The van der Waals surface area contributed by atoms with E-state index in [0.717, 1.165) is 22.3 Å². The first-order valence-electron chi connectivity index (χ1n) is 11.4. The van der Waals surface area contributed by atoms with Crippen molar-refractivity contribution in [3.8, 4) is 0 Å².